The van der Waals surface area contributed by atoms with Crippen LogP contribution in [0.2, 0.25) is 0 Å². The van der Waals surface area contributed by atoms with Crippen LogP contribution < -0.4 is 16.4 Å². The number of nitrogens with one attached hydrogen (secondary N) is 2. The monoisotopic (exact) mass is 274 g/mol. The van der Waals surface area contributed by atoms with Gasteiger partial charge < -0.3 is 0 Å². The maximum absolute atomic E-state index is 5.87. The number of nitrogens with two attached hydrogens (primary N) is 1. The molecule has 0 amide bonds. The molecule has 1 fully saturated rings. The van der Waals surface area contributed by atoms with E-state index in [0.717, 1.165) is 30.9 Å². The molecule has 0 saturated carbocycles. The number of rotatable bonds is 7. The van der Waals surface area contributed by atoms with E-state index in [1.807, 2.05) is 6.92 Å². The van der Waals surface area contributed by atoms with Gasteiger partial charge in [0.05, 0.1) is 0 Å². The van der Waals surface area contributed by atoms with Crippen LogP contribution >= 0.6 is 0 Å². The molecule has 4 nitrogen and oxygen atoms in total. The van der Waals surface area contributed by atoms with Crippen LogP contribution in [0.25, 0.3) is 0 Å². The third kappa shape index (κ3) is 5.25. The molecule has 1 heterocycles. The van der Waals surface area contributed by atoms with Gasteiger partial charge in [-0.25, -0.2) is 0 Å². The van der Waals surface area contributed by atoms with Crippen molar-refractivity contribution in [3.8, 4) is 0 Å². The van der Waals surface area contributed by atoms with Gasteiger partial charge in [0.1, 0.15) is 0 Å². The van der Waals surface area contributed by atoms with Crippen molar-refractivity contribution in [2.24, 2.45) is 11.7 Å². The standard InChI is InChI=1S/C15H25BN3O/c1-11(19-10-13-4-6-18-7-5-13)14(9-16)8-15(17)12(2)20-3/h8-9,13,18-19H,2,4-7,10,17H2,1,3H3/b14-11-,15-8+. The second-order valence-electron chi connectivity index (χ2n) is 5.05. The van der Waals surface area contributed by atoms with Crippen LogP contribution in [0.3, 0.4) is 0 Å². The van der Waals surface area contributed by atoms with Crippen molar-refractivity contribution in [1.29, 1.82) is 0 Å². The molecule has 1 saturated heterocycles. The van der Waals surface area contributed by atoms with Crippen molar-refractivity contribution in [1.82, 2.24) is 10.6 Å². The van der Waals surface area contributed by atoms with E-state index in [0.29, 0.717) is 17.4 Å². The van der Waals surface area contributed by atoms with Gasteiger partial charge in [-0.2, -0.15) is 0 Å². The van der Waals surface area contributed by atoms with Gasteiger partial charge in [0.15, 0.2) is 0 Å². The molecule has 0 aliphatic carbocycles. The third-order valence-corrected chi connectivity index (χ3v) is 3.61. The van der Waals surface area contributed by atoms with E-state index in [1.54, 1.807) is 19.2 Å². The fourth-order valence-electron chi connectivity index (χ4n) is 2.13. The number of hydrogen-bond acceptors (Lipinski definition) is 4. The predicted molar refractivity (Wildman–Crippen MR) is 86.5 cm³/mol. The minimum absolute atomic E-state index is 0.440. The Morgan fingerprint density at radius 2 is 2.15 bits per heavy atom. The van der Waals surface area contributed by atoms with Gasteiger partial charge in [0, 0.05) is 0 Å². The SMILES string of the molecule is [B]=CC(/C=C(/N)C(=C)OC)=C(/C)NCC1CCNCC1. The molecule has 0 unspecified atom stereocenters. The first kappa shape index (κ1) is 16.6. The number of hydrogen-bond donors (Lipinski definition) is 3. The van der Waals surface area contributed by atoms with E-state index in [-0.39, 0.29) is 0 Å². The van der Waals surface area contributed by atoms with Crippen LogP contribution in [0, 0.1) is 5.92 Å². The van der Waals surface area contributed by atoms with Crippen LogP contribution in [0.5, 0.6) is 0 Å². The average Bonchev–Trinajstić information content (AvgIpc) is 2.50. The zero-order valence-electron chi connectivity index (χ0n) is 12.5. The molecule has 1 radical (unpaired) electrons. The van der Waals surface area contributed by atoms with Crippen LogP contribution in [0.1, 0.15) is 19.8 Å². The molecular formula is C15H25BN3O. The van der Waals surface area contributed by atoms with Gasteiger partial charge in [0.2, 0.25) is 0 Å². The first-order chi connectivity index (χ1) is 9.58. The Bertz CT molecular complexity index is 409. The molecule has 5 heteroatoms. The molecule has 0 bridgehead atoms. The molecule has 0 spiro atoms. The van der Waals surface area contributed by atoms with Gasteiger partial charge in [-0.1, -0.05) is 0 Å². The fraction of sp³-hybridized carbons (Fsp3) is 0.533. The molecule has 1 aliphatic heterocycles. The van der Waals surface area contributed by atoms with Gasteiger partial charge in [-0.15, -0.1) is 0 Å². The van der Waals surface area contributed by atoms with Crippen molar-refractivity contribution >= 4 is 13.5 Å². The maximum atomic E-state index is 5.87. The summed E-state index contributed by atoms with van der Waals surface area (Å²) < 4.78 is 5.00. The van der Waals surface area contributed by atoms with Gasteiger partial charge in [-0.05, 0) is 0 Å². The summed E-state index contributed by atoms with van der Waals surface area (Å²) in [6.07, 6.45) is 4.19. The molecule has 0 atom stereocenters. The Kier molecular flexibility index (Phi) is 7.16. The van der Waals surface area contributed by atoms with Crippen molar-refractivity contribution in [3.05, 3.63) is 35.4 Å². The Morgan fingerprint density at radius 1 is 1.50 bits per heavy atom. The van der Waals surface area contributed by atoms with Crippen molar-refractivity contribution in [2.75, 3.05) is 26.7 Å². The van der Waals surface area contributed by atoms with E-state index in [1.165, 1.54) is 12.8 Å². The molecule has 109 valence electrons. The molecule has 0 aromatic heterocycles. The van der Waals surface area contributed by atoms with Crippen molar-refractivity contribution < 1.29 is 4.74 Å². The van der Waals surface area contributed by atoms with Gasteiger partial charge >= 0.3 is 122 Å². The first-order valence-electron chi connectivity index (χ1n) is 6.99. The summed E-state index contributed by atoms with van der Waals surface area (Å²) >= 11 is 0. The Morgan fingerprint density at radius 3 is 2.70 bits per heavy atom. The van der Waals surface area contributed by atoms with Crippen LogP contribution in [-0.4, -0.2) is 40.2 Å². The molecule has 0 aromatic rings. The second-order valence-corrected chi connectivity index (χ2v) is 5.05. The van der Waals surface area contributed by atoms with E-state index in [2.05, 4.69) is 17.2 Å². The molecular weight excluding hydrogens is 249 g/mol. The minimum atomic E-state index is 0.440. The molecule has 1 rings (SSSR count). The van der Waals surface area contributed by atoms with E-state index >= 15 is 0 Å². The quantitative estimate of drug-likeness (QED) is 0.365. The summed E-state index contributed by atoms with van der Waals surface area (Å²) in [5.41, 5.74) is 8.22. The average molecular weight is 274 g/mol. The van der Waals surface area contributed by atoms with Crippen molar-refractivity contribution in [3.63, 3.8) is 0 Å². The van der Waals surface area contributed by atoms with Crippen LogP contribution in [0.15, 0.2) is 35.4 Å². The Labute approximate surface area is 123 Å². The molecule has 4 N–H and O–H groups in total. The zero-order valence-corrected chi connectivity index (χ0v) is 12.5. The summed E-state index contributed by atoms with van der Waals surface area (Å²) in [5.74, 6) is 2.69. The Hall–Kier alpha value is -1.49. The predicted octanol–water partition coefficient (Wildman–Crippen LogP) is 0.823. The number of methoxy groups -OCH3 is 1. The van der Waals surface area contributed by atoms with Gasteiger partial charge in [0.25, 0.3) is 0 Å². The summed E-state index contributed by atoms with van der Waals surface area (Å²) in [7, 11) is 7.21. The van der Waals surface area contributed by atoms with Crippen LogP contribution in [-0.2, 0) is 4.74 Å². The van der Waals surface area contributed by atoms with E-state index in [4.69, 9.17) is 18.0 Å². The van der Waals surface area contributed by atoms with Crippen molar-refractivity contribution in [2.45, 2.75) is 19.8 Å². The topological polar surface area (TPSA) is 59.3 Å². The zero-order chi connectivity index (χ0) is 15.0. The molecule has 1 aliphatic rings. The van der Waals surface area contributed by atoms with Gasteiger partial charge in [-0.3, -0.25) is 0 Å². The second kappa shape index (κ2) is 8.64. The Balaban J connectivity index is 2.64. The number of ether oxygens (including phenoxy) is 1. The molecule has 20 heavy (non-hydrogen) atoms. The summed E-state index contributed by atoms with van der Waals surface area (Å²) in [6, 6.07) is 0. The third-order valence-electron chi connectivity index (χ3n) is 3.61. The summed E-state index contributed by atoms with van der Waals surface area (Å²) in [5, 5.41) is 6.80. The van der Waals surface area contributed by atoms with E-state index < -0.39 is 0 Å². The summed E-state index contributed by atoms with van der Waals surface area (Å²) in [4.78, 5) is 0. The normalized spacial score (nSPS) is 18.1. The first-order valence-corrected chi connectivity index (χ1v) is 6.99. The molecule has 0 aromatic carbocycles. The van der Waals surface area contributed by atoms with Crippen LogP contribution in [0.4, 0.5) is 0 Å². The summed E-state index contributed by atoms with van der Waals surface area (Å²) in [6.45, 7) is 8.89. The van der Waals surface area contributed by atoms with E-state index in [9.17, 15) is 0 Å². The number of piperidine rings is 1. The fourth-order valence-corrected chi connectivity index (χ4v) is 2.13. The number of allylic oxidation sites excluding steroid dienone is 3.